The van der Waals surface area contributed by atoms with E-state index in [1.54, 1.807) is 0 Å². The van der Waals surface area contributed by atoms with Gasteiger partial charge in [0.05, 0.1) is 37.6 Å². The Kier molecular flexibility index (Phi) is 5.84. The van der Waals surface area contributed by atoms with Gasteiger partial charge in [0.1, 0.15) is 0 Å². The molecular formula is C16H30O4. The normalized spacial score (nSPS) is 30.6. The van der Waals surface area contributed by atoms with E-state index in [1.165, 1.54) is 0 Å². The molecule has 2 aliphatic rings. The van der Waals surface area contributed by atoms with Gasteiger partial charge >= 0.3 is 0 Å². The van der Waals surface area contributed by atoms with Gasteiger partial charge in [-0.25, -0.2) is 0 Å². The van der Waals surface area contributed by atoms with Crippen LogP contribution in [0.4, 0.5) is 0 Å². The van der Waals surface area contributed by atoms with Crippen LogP contribution in [0.2, 0.25) is 0 Å². The van der Waals surface area contributed by atoms with Crippen molar-refractivity contribution in [3.63, 3.8) is 0 Å². The lowest BCUT2D eigenvalue weighted by atomic mass is 9.86. The van der Waals surface area contributed by atoms with Gasteiger partial charge in [0.25, 0.3) is 0 Å². The molecule has 20 heavy (non-hydrogen) atoms. The summed E-state index contributed by atoms with van der Waals surface area (Å²) >= 11 is 0. The molecule has 1 N–H and O–H groups in total. The summed E-state index contributed by atoms with van der Waals surface area (Å²) in [6, 6.07) is 0. The van der Waals surface area contributed by atoms with Gasteiger partial charge in [-0.3, -0.25) is 0 Å². The number of aliphatic hydroxyl groups is 1. The van der Waals surface area contributed by atoms with E-state index in [-0.39, 0.29) is 0 Å². The molecule has 118 valence electrons. The van der Waals surface area contributed by atoms with E-state index in [2.05, 4.69) is 13.8 Å². The Morgan fingerprint density at radius 3 is 2.20 bits per heavy atom. The summed E-state index contributed by atoms with van der Waals surface area (Å²) in [5, 5.41) is 10.5. The average Bonchev–Trinajstić information content (AvgIpc) is 3.28. The second-order valence-electron chi connectivity index (χ2n) is 6.61. The molecule has 0 aromatic carbocycles. The van der Waals surface area contributed by atoms with Gasteiger partial charge in [0.15, 0.2) is 0 Å². The predicted octanol–water partition coefficient (Wildman–Crippen LogP) is 2.38. The Hall–Kier alpha value is -0.160. The summed E-state index contributed by atoms with van der Waals surface area (Å²) in [5.41, 5.74) is -0.648. The van der Waals surface area contributed by atoms with E-state index in [9.17, 15) is 5.11 Å². The second kappa shape index (κ2) is 7.21. The first-order valence-corrected chi connectivity index (χ1v) is 8.09. The summed E-state index contributed by atoms with van der Waals surface area (Å²) in [4.78, 5) is 0. The topological polar surface area (TPSA) is 54.5 Å². The number of rotatable bonds is 11. The highest BCUT2D eigenvalue weighted by Gasteiger charge is 2.36. The van der Waals surface area contributed by atoms with E-state index >= 15 is 0 Å². The predicted molar refractivity (Wildman–Crippen MR) is 77.7 cm³/mol. The Bertz CT molecular complexity index is 284. The van der Waals surface area contributed by atoms with Crippen LogP contribution < -0.4 is 0 Å². The van der Waals surface area contributed by atoms with Gasteiger partial charge in [0, 0.05) is 12.5 Å². The summed E-state index contributed by atoms with van der Waals surface area (Å²) in [5.74, 6) is 0.997. The maximum atomic E-state index is 10.5. The van der Waals surface area contributed by atoms with Crippen molar-refractivity contribution >= 4 is 0 Å². The fourth-order valence-corrected chi connectivity index (χ4v) is 2.88. The minimum atomic E-state index is -0.648. The lowest BCUT2D eigenvalue weighted by Crippen LogP contribution is -2.31. The van der Waals surface area contributed by atoms with Crippen LogP contribution in [-0.2, 0) is 14.2 Å². The quantitative estimate of drug-likeness (QED) is 0.468. The third-order valence-corrected chi connectivity index (χ3v) is 4.64. The van der Waals surface area contributed by atoms with Gasteiger partial charge in [-0.2, -0.15) is 0 Å². The van der Waals surface area contributed by atoms with Crippen molar-refractivity contribution in [1.29, 1.82) is 0 Å². The van der Waals surface area contributed by atoms with Gasteiger partial charge in [-0.15, -0.1) is 0 Å². The highest BCUT2D eigenvalue weighted by atomic mass is 16.6. The molecule has 0 amide bonds. The highest BCUT2D eigenvalue weighted by Crippen LogP contribution is 2.32. The SMILES string of the molecule is CCC(COCCC(C)(O)CC(CC)C1CO1)C1CO1. The molecule has 0 radical (unpaired) electrons. The standard InChI is InChI=1S/C16H30O4/c1-4-12(14-10-19-14)8-16(3,17)6-7-18-9-13(5-2)15-11-20-15/h12-15,17H,4-11H2,1-3H3. The van der Waals surface area contributed by atoms with E-state index in [0.29, 0.717) is 37.1 Å². The number of epoxide rings is 2. The van der Waals surface area contributed by atoms with Crippen LogP contribution in [0.3, 0.4) is 0 Å². The van der Waals surface area contributed by atoms with Gasteiger partial charge in [0.2, 0.25) is 0 Å². The molecule has 0 saturated carbocycles. The number of hydrogen-bond donors (Lipinski definition) is 1. The first kappa shape index (κ1) is 16.2. The molecule has 4 nitrogen and oxygen atoms in total. The molecule has 2 fully saturated rings. The van der Waals surface area contributed by atoms with Gasteiger partial charge < -0.3 is 19.3 Å². The van der Waals surface area contributed by atoms with Crippen LogP contribution in [0.1, 0.15) is 46.5 Å². The number of ether oxygens (including phenoxy) is 3. The van der Waals surface area contributed by atoms with Crippen molar-refractivity contribution < 1.29 is 19.3 Å². The van der Waals surface area contributed by atoms with Gasteiger partial charge in [-0.1, -0.05) is 20.3 Å². The zero-order valence-electron chi connectivity index (χ0n) is 13.1. The molecule has 2 heterocycles. The zero-order chi connectivity index (χ0) is 14.6. The smallest absolute Gasteiger partial charge is 0.0859 e. The monoisotopic (exact) mass is 286 g/mol. The van der Waals surface area contributed by atoms with Crippen molar-refractivity contribution in [2.45, 2.75) is 64.3 Å². The van der Waals surface area contributed by atoms with Crippen molar-refractivity contribution in [2.24, 2.45) is 11.8 Å². The second-order valence-corrected chi connectivity index (χ2v) is 6.61. The largest absolute Gasteiger partial charge is 0.390 e. The molecule has 0 spiro atoms. The van der Waals surface area contributed by atoms with Crippen molar-refractivity contribution in [3.8, 4) is 0 Å². The van der Waals surface area contributed by atoms with Gasteiger partial charge in [-0.05, 0) is 32.1 Å². The van der Waals surface area contributed by atoms with Crippen molar-refractivity contribution in [3.05, 3.63) is 0 Å². The highest BCUT2D eigenvalue weighted by molar-refractivity contribution is 4.85. The minimum Gasteiger partial charge on any atom is -0.390 e. The molecule has 0 bridgehead atoms. The van der Waals surface area contributed by atoms with E-state index in [4.69, 9.17) is 14.2 Å². The van der Waals surface area contributed by atoms with E-state index in [0.717, 1.165) is 39.1 Å². The Labute approximate surface area is 122 Å². The molecule has 2 saturated heterocycles. The molecular weight excluding hydrogens is 256 g/mol. The van der Waals surface area contributed by atoms with Crippen LogP contribution in [0.15, 0.2) is 0 Å². The molecule has 0 aliphatic carbocycles. The lowest BCUT2D eigenvalue weighted by molar-refractivity contribution is -0.0138. The number of hydrogen-bond acceptors (Lipinski definition) is 4. The van der Waals surface area contributed by atoms with Crippen LogP contribution >= 0.6 is 0 Å². The lowest BCUT2D eigenvalue weighted by Gasteiger charge is -2.27. The summed E-state index contributed by atoms with van der Waals surface area (Å²) < 4.78 is 16.4. The molecule has 0 aromatic heterocycles. The molecule has 4 heteroatoms. The van der Waals surface area contributed by atoms with E-state index < -0.39 is 5.60 Å². The molecule has 5 atom stereocenters. The molecule has 0 aromatic rings. The first-order chi connectivity index (χ1) is 9.55. The van der Waals surface area contributed by atoms with Crippen LogP contribution in [0.5, 0.6) is 0 Å². The molecule has 5 unspecified atom stereocenters. The Morgan fingerprint density at radius 2 is 1.70 bits per heavy atom. The summed E-state index contributed by atoms with van der Waals surface area (Å²) in [6.45, 7) is 9.39. The molecule has 2 aliphatic heterocycles. The zero-order valence-corrected chi connectivity index (χ0v) is 13.1. The maximum Gasteiger partial charge on any atom is 0.0859 e. The van der Waals surface area contributed by atoms with Crippen molar-refractivity contribution in [1.82, 2.24) is 0 Å². The third-order valence-electron chi connectivity index (χ3n) is 4.64. The third kappa shape index (κ3) is 5.32. The van der Waals surface area contributed by atoms with Crippen LogP contribution in [0, 0.1) is 11.8 Å². The average molecular weight is 286 g/mol. The minimum absolute atomic E-state index is 0.379. The fourth-order valence-electron chi connectivity index (χ4n) is 2.88. The summed E-state index contributed by atoms with van der Waals surface area (Å²) in [6.07, 6.45) is 4.45. The molecule has 2 rings (SSSR count). The van der Waals surface area contributed by atoms with Crippen LogP contribution in [0.25, 0.3) is 0 Å². The van der Waals surface area contributed by atoms with Crippen molar-refractivity contribution in [2.75, 3.05) is 26.4 Å². The van der Waals surface area contributed by atoms with E-state index in [1.807, 2.05) is 6.92 Å². The Balaban J connectivity index is 1.61. The Morgan fingerprint density at radius 1 is 1.15 bits per heavy atom. The van der Waals surface area contributed by atoms with Crippen LogP contribution in [-0.4, -0.2) is 49.3 Å². The maximum absolute atomic E-state index is 10.5. The summed E-state index contributed by atoms with van der Waals surface area (Å²) in [7, 11) is 0. The fraction of sp³-hybridized carbons (Fsp3) is 1.00. The first-order valence-electron chi connectivity index (χ1n) is 8.09.